The molecule has 0 saturated heterocycles. The molecule has 21 heavy (non-hydrogen) atoms. The van der Waals surface area contributed by atoms with Crippen LogP contribution in [0.3, 0.4) is 0 Å². The molecule has 1 aromatic heterocycles. The first-order valence-corrected chi connectivity index (χ1v) is 7.13. The van der Waals surface area contributed by atoms with Crippen LogP contribution in [0.2, 0.25) is 0 Å². The van der Waals surface area contributed by atoms with E-state index < -0.39 is 6.10 Å². The lowest BCUT2D eigenvalue weighted by atomic mass is 10.0. The van der Waals surface area contributed by atoms with Gasteiger partial charge in [-0.25, -0.2) is 9.97 Å². The van der Waals surface area contributed by atoms with Crippen LogP contribution in [-0.2, 0) is 0 Å². The van der Waals surface area contributed by atoms with Crippen molar-refractivity contribution >= 4 is 11.6 Å². The van der Waals surface area contributed by atoms with E-state index in [-0.39, 0.29) is 5.92 Å². The summed E-state index contributed by atoms with van der Waals surface area (Å²) in [5.41, 5.74) is 1.92. The highest BCUT2D eigenvalue weighted by Gasteiger charge is 2.15. The van der Waals surface area contributed by atoms with Gasteiger partial charge in [-0.3, -0.25) is 0 Å². The fraction of sp³-hybridized carbons (Fsp3) is 0.375. The molecule has 112 valence electrons. The van der Waals surface area contributed by atoms with E-state index in [0.717, 1.165) is 22.8 Å². The number of benzene rings is 1. The third-order valence-corrected chi connectivity index (χ3v) is 3.35. The molecule has 3 N–H and O–H groups in total. The second kappa shape index (κ2) is 7.04. The van der Waals surface area contributed by atoms with Crippen molar-refractivity contribution in [3.63, 3.8) is 0 Å². The van der Waals surface area contributed by atoms with Crippen molar-refractivity contribution in [1.29, 1.82) is 0 Å². The quantitative estimate of drug-likeness (QED) is 0.761. The number of aliphatic hydroxyl groups excluding tert-OH is 1. The smallest absolute Gasteiger partial charge is 0.135 e. The van der Waals surface area contributed by atoms with Gasteiger partial charge in [0.2, 0.25) is 0 Å². The summed E-state index contributed by atoms with van der Waals surface area (Å²) in [6, 6.07) is 9.59. The fourth-order valence-corrected chi connectivity index (χ4v) is 2.27. The fourth-order valence-electron chi connectivity index (χ4n) is 2.27. The Balaban J connectivity index is 2.13. The first-order chi connectivity index (χ1) is 10.1. The van der Waals surface area contributed by atoms with Crippen LogP contribution < -0.4 is 10.6 Å². The Kier molecular flexibility index (Phi) is 5.11. The largest absolute Gasteiger partial charge is 0.387 e. The Hall–Kier alpha value is -2.14. The van der Waals surface area contributed by atoms with Gasteiger partial charge in [0.1, 0.15) is 18.0 Å². The van der Waals surface area contributed by atoms with Gasteiger partial charge in [0, 0.05) is 19.2 Å². The van der Waals surface area contributed by atoms with Crippen molar-refractivity contribution in [1.82, 2.24) is 9.97 Å². The molecule has 0 bridgehead atoms. The van der Waals surface area contributed by atoms with Crippen LogP contribution in [-0.4, -0.2) is 28.7 Å². The topological polar surface area (TPSA) is 70.1 Å². The van der Waals surface area contributed by atoms with E-state index >= 15 is 0 Å². The van der Waals surface area contributed by atoms with Gasteiger partial charge in [-0.2, -0.15) is 0 Å². The maximum atomic E-state index is 10.2. The second-order valence-corrected chi connectivity index (χ2v) is 5.20. The number of anilines is 2. The van der Waals surface area contributed by atoms with Crippen molar-refractivity contribution < 1.29 is 5.11 Å². The zero-order chi connectivity index (χ0) is 15.2. The predicted molar refractivity (Wildman–Crippen MR) is 85.6 cm³/mol. The molecule has 1 aromatic carbocycles. The van der Waals surface area contributed by atoms with Crippen LogP contribution in [0.4, 0.5) is 11.6 Å². The van der Waals surface area contributed by atoms with Crippen LogP contribution in [0.5, 0.6) is 0 Å². The zero-order valence-electron chi connectivity index (χ0n) is 12.7. The lowest BCUT2D eigenvalue weighted by Gasteiger charge is -2.18. The Morgan fingerprint density at radius 1 is 1.10 bits per heavy atom. The molecular weight excluding hydrogens is 264 g/mol. The van der Waals surface area contributed by atoms with E-state index in [0.29, 0.717) is 6.54 Å². The molecule has 1 unspecified atom stereocenters. The number of nitrogens with zero attached hydrogens (tertiary/aromatic N) is 2. The maximum absolute atomic E-state index is 10.2. The van der Waals surface area contributed by atoms with Crippen molar-refractivity contribution in [2.75, 3.05) is 24.2 Å². The van der Waals surface area contributed by atoms with E-state index in [1.54, 1.807) is 0 Å². The van der Waals surface area contributed by atoms with Crippen molar-refractivity contribution in [3.05, 3.63) is 47.8 Å². The highest BCUT2D eigenvalue weighted by Crippen LogP contribution is 2.28. The van der Waals surface area contributed by atoms with Crippen LogP contribution in [0.25, 0.3) is 0 Å². The highest BCUT2D eigenvalue weighted by molar-refractivity contribution is 5.58. The van der Waals surface area contributed by atoms with Gasteiger partial charge >= 0.3 is 0 Å². The highest BCUT2D eigenvalue weighted by atomic mass is 16.3. The molecule has 0 aliphatic carbocycles. The van der Waals surface area contributed by atoms with E-state index in [4.69, 9.17) is 0 Å². The summed E-state index contributed by atoms with van der Waals surface area (Å²) in [6.07, 6.45) is 0.953. The minimum atomic E-state index is -0.570. The number of hydrogen-bond donors (Lipinski definition) is 3. The number of nitrogens with one attached hydrogen (secondary N) is 2. The normalized spacial score (nSPS) is 12.2. The van der Waals surface area contributed by atoms with Crippen molar-refractivity contribution in [2.24, 2.45) is 0 Å². The van der Waals surface area contributed by atoms with Gasteiger partial charge in [-0.05, 0) is 11.5 Å². The van der Waals surface area contributed by atoms with Crippen LogP contribution in [0.15, 0.2) is 36.7 Å². The minimum Gasteiger partial charge on any atom is -0.387 e. The first-order valence-electron chi connectivity index (χ1n) is 7.13. The Labute approximate surface area is 125 Å². The van der Waals surface area contributed by atoms with Gasteiger partial charge in [0.25, 0.3) is 0 Å². The molecule has 2 aromatic rings. The van der Waals surface area contributed by atoms with Crippen molar-refractivity contribution in [2.45, 2.75) is 25.9 Å². The summed E-state index contributed by atoms with van der Waals surface area (Å²) in [7, 11) is 1.84. The number of aromatic nitrogens is 2. The average Bonchev–Trinajstić information content (AvgIpc) is 2.52. The minimum absolute atomic E-state index is 0.282. The second-order valence-electron chi connectivity index (χ2n) is 5.20. The molecule has 0 fully saturated rings. The van der Waals surface area contributed by atoms with Crippen LogP contribution in [0.1, 0.15) is 37.0 Å². The lowest BCUT2D eigenvalue weighted by Crippen LogP contribution is -2.15. The van der Waals surface area contributed by atoms with Gasteiger partial charge in [-0.15, -0.1) is 0 Å². The first kappa shape index (κ1) is 15.3. The van der Waals surface area contributed by atoms with Gasteiger partial charge in [0.15, 0.2) is 0 Å². The molecule has 0 amide bonds. The zero-order valence-corrected chi connectivity index (χ0v) is 12.7. The summed E-state index contributed by atoms with van der Waals surface area (Å²) in [4.78, 5) is 8.54. The number of aliphatic hydroxyl groups is 1. The molecule has 0 aliphatic heterocycles. The average molecular weight is 286 g/mol. The van der Waals surface area contributed by atoms with E-state index in [1.807, 2.05) is 37.4 Å². The standard InChI is InChI=1S/C16H22N4O/c1-11(2)14-15(17-3)19-10-20-16(14)18-9-13(21)12-7-5-4-6-8-12/h4-8,10-11,13,21H,9H2,1-3H3,(H2,17,18,19,20). The van der Waals surface area contributed by atoms with Crippen LogP contribution in [0, 0.1) is 0 Å². The number of rotatable bonds is 6. The molecule has 1 heterocycles. The molecule has 2 rings (SSSR count). The molecule has 0 aliphatic rings. The summed E-state index contributed by atoms with van der Waals surface area (Å²) < 4.78 is 0. The van der Waals surface area contributed by atoms with E-state index in [2.05, 4.69) is 34.4 Å². The van der Waals surface area contributed by atoms with E-state index in [9.17, 15) is 5.11 Å². The third-order valence-electron chi connectivity index (χ3n) is 3.35. The van der Waals surface area contributed by atoms with Gasteiger partial charge in [0.05, 0.1) is 6.10 Å². The molecule has 0 radical (unpaired) electrons. The Morgan fingerprint density at radius 2 is 1.76 bits per heavy atom. The third kappa shape index (κ3) is 3.70. The summed E-state index contributed by atoms with van der Waals surface area (Å²) >= 11 is 0. The molecule has 5 nitrogen and oxygen atoms in total. The molecule has 5 heteroatoms. The maximum Gasteiger partial charge on any atom is 0.135 e. The molecule has 0 saturated carbocycles. The van der Waals surface area contributed by atoms with E-state index in [1.165, 1.54) is 6.33 Å². The Bertz CT molecular complexity index is 572. The molecular formula is C16H22N4O. The molecule has 0 spiro atoms. The summed E-state index contributed by atoms with van der Waals surface area (Å²) in [6.45, 7) is 4.60. The monoisotopic (exact) mass is 286 g/mol. The predicted octanol–water partition coefficient (Wildman–Crippen LogP) is 2.79. The SMILES string of the molecule is CNc1ncnc(NCC(O)c2ccccc2)c1C(C)C. The summed E-state index contributed by atoms with van der Waals surface area (Å²) in [5.74, 6) is 1.86. The molecule has 1 atom stereocenters. The summed E-state index contributed by atoms with van der Waals surface area (Å²) in [5, 5.41) is 16.5. The van der Waals surface area contributed by atoms with Crippen LogP contribution >= 0.6 is 0 Å². The Morgan fingerprint density at radius 3 is 2.38 bits per heavy atom. The van der Waals surface area contributed by atoms with Crippen molar-refractivity contribution in [3.8, 4) is 0 Å². The lowest BCUT2D eigenvalue weighted by molar-refractivity contribution is 0.191. The number of hydrogen-bond acceptors (Lipinski definition) is 5. The van der Waals surface area contributed by atoms with Gasteiger partial charge < -0.3 is 15.7 Å². The van der Waals surface area contributed by atoms with Gasteiger partial charge in [-0.1, -0.05) is 44.2 Å².